The Bertz CT molecular complexity index is 1540. The third-order valence-corrected chi connectivity index (χ3v) is 8.65. The van der Waals surface area contributed by atoms with Crippen LogP contribution in [0.4, 0.5) is 0 Å². The molecule has 0 aliphatic rings. The zero-order valence-corrected chi connectivity index (χ0v) is 23.6. The molecule has 0 unspecified atom stereocenters. The van der Waals surface area contributed by atoms with Gasteiger partial charge in [0.05, 0.1) is 0 Å². The lowest BCUT2D eigenvalue weighted by Crippen LogP contribution is -1.97. The molecule has 6 rings (SSSR count). The Hall–Kier alpha value is -4.24. The van der Waals surface area contributed by atoms with Crippen LogP contribution in [0.15, 0.2) is 189 Å². The van der Waals surface area contributed by atoms with Crippen molar-refractivity contribution in [1.29, 1.82) is 0 Å². The predicted molar refractivity (Wildman–Crippen MR) is 172 cm³/mol. The molecule has 0 spiro atoms. The summed E-state index contributed by atoms with van der Waals surface area (Å²) >= 11 is 3.58. The molecule has 40 heavy (non-hydrogen) atoms. The van der Waals surface area contributed by atoms with Gasteiger partial charge in [0.25, 0.3) is 0 Å². The molecule has 0 aliphatic carbocycles. The van der Waals surface area contributed by atoms with Gasteiger partial charge in [0.15, 0.2) is 0 Å². The van der Waals surface area contributed by atoms with E-state index in [9.17, 15) is 0 Å². The van der Waals surface area contributed by atoms with Gasteiger partial charge in [0, 0.05) is 19.6 Å². The molecule has 0 atom stereocenters. The largest absolute Gasteiger partial charge is 0.0901 e. The Morgan fingerprint density at radius 3 is 0.825 bits per heavy atom. The van der Waals surface area contributed by atoms with Crippen molar-refractivity contribution in [2.45, 2.75) is 19.6 Å². The third-order valence-electron chi connectivity index (χ3n) is 6.62. The Morgan fingerprint density at radius 2 is 0.500 bits per heavy atom. The molecular formula is C38H28S2. The van der Waals surface area contributed by atoms with Crippen molar-refractivity contribution in [2.75, 3.05) is 0 Å². The molecule has 0 aliphatic heterocycles. The minimum atomic E-state index is 1.20. The summed E-state index contributed by atoms with van der Waals surface area (Å²) < 4.78 is 0. The summed E-state index contributed by atoms with van der Waals surface area (Å²) in [5.41, 5.74) is 7.26. The van der Waals surface area contributed by atoms with Crippen molar-refractivity contribution in [3.8, 4) is 0 Å². The Labute approximate surface area is 245 Å². The van der Waals surface area contributed by atoms with Crippen molar-refractivity contribution >= 4 is 34.7 Å². The average Bonchev–Trinajstić information content (AvgIpc) is 3.03. The molecule has 0 radical (unpaired) electrons. The van der Waals surface area contributed by atoms with E-state index in [1.807, 2.05) is 0 Å². The smallest absolute Gasteiger partial charge is 0.0122 e. The van der Waals surface area contributed by atoms with Crippen LogP contribution in [0, 0.1) is 0 Å². The first kappa shape index (κ1) is 26.0. The third kappa shape index (κ3) is 6.31. The van der Waals surface area contributed by atoms with E-state index in [2.05, 4.69) is 170 Å². The molecule has 0 heterocycles. The second-order valence-electron chi connectivity index (χ2n) is 9.36. The summed E-state index contributed by atoms with van der Waals surface area (Å²) in [6, 6.07) is 60.6. The van der Waals surface area contributed by atoms with Crippen LogP contribution in [0.25, 0.3) is 11.1 Å². The van der Waals surface area contributed by atoms with Gasteiger partial charge >= 0.3 is 0 Å². The minimum Gasteiger partial charge on any atom is -0.0901 e. The van der Waals surface area contributed by atoms with Crippen LogP contribution >= 0.6 is 23.5 Å². The van der Waals surface area contributed by atoms with Crippen LogP contribution in [0.3, 0.4) is 0 Å². The van der Waals surface area contributed by atoms with Crippen molar-refractivity contribution in [3.63, 3.8) is 0 Å². The first-order valence-corrected chi connectivity index (χ1v) is 15.0. The fourth-order valence-corrected chi connectivity index (χ4v) is 6.42. The van der Waals surface area contributed by atoms with Crippen molar-refractivity contribution in [1.82, 2.24) is 0 Å². The van der Waals surface area contributed by atoms with E-state index in [1.54, 1.807) is 23.5 Å². The van der Waals surface area contributed by atoms with Gasteiger partial charge in [-0.2, -0.15) is 0 Å². The van der Waals surface area contributed by atoms with Crippen molar-refractivity contribution in [3.05, 3.63) is 192 Å². The summed E-state index contributed by atoms with van der Waals surface area (Å²) in [5, 5.41) is 0. The van der Waals surface area contributed by atoms with Gasteiger partial charge in [-0.05, 0) is 81.9 Å². The molecule has 2 heteroatoms. The van der Waals surface area contributed by atoms with E-state index < -0.39 is 0 Å². The number of benzene rings is 6. The van der Waals surface area contributed by atoms with Crippen molar-refractivity contribution in [2.24, 2.45) is 0 Å². The lowest BCUT2D eigenvalue weighted by Gasteiger charge is -2.18. The molecule has 6 aromatic rings. The Morgan fingerprint density at radius 1 is 0.250 bits per heavy atom. The maximum absolute atomic E-state index is 2.26. The van der Waals surface area contributed by atoms with E-state index in [0.717, 1.165) is 0 Å². The molecule has 0 aromatic heterocycles. The number of rotatable bonds is 8. The van der Waals surface area contributed by atoms with Crippen LogP contribution in [-0.4, -0.2) is 0 Å². The summed E-state index contributed by atoms with van der Waals surface area (Å²) in [6.45, 7) is 0. The quantitative estimate of drug-likeness (QED) is 0.174. The molecule has 0 bridgehead atoms. The summed E-state index contributed by atoms with van der Waals surface area (Å²) in [4.78, 5) is 4.94. The van der Waals surface area contributed by atoms with Gasteiger partial charge < -0.3 is 0 Å². The zero-order chi connectivity index (χ0) is 27.0. The minimum absolute atomic E-state index is 1.20. The Kier molecular flexibility index (Phi) is 8.28. The number of hydrogen-bond acceptors (Lipinski definition) is 2. The van der Waals surface area contributed by atoms with E-state index in [0.29, 0.717) is 0 Å². The fourth-order valence-electron chi connectivity index (χ4n) is 4.75. The van der Waals surface area contributed by atoms with Crippen LogP contribution in [-0.2, 0) is 0 Å². The summed E-state index contributed by atoms with van der Waals surface area (Å²) in [5.74, 6) is 0. The molecule has 0 fully saturated rings. The lowest BCUT2D eigenvalue weighted by atomic mass is 9.86. The highest BCUT2D eigenvalue weighted by Crippen LogP contribution is 2.39. The second-order valence-corrected chi connectivity index (χ2v) is 11.7. The number of hydrogen-bond donors (Lipinski definition) is 0. The van der Waals surface area contributed by atoms with Gasteiger partial charge in [0.1, 0.15) is 0 Å². The highest BCUT2D eigenvalue weighted by atomic mass is 32.2. The normalized spacial score (nSPS) is 11.6. The average molecular weight is 549 g/mol. The summed E-state index contributed by atoms with van der Waals surface area (Å²) in [7, 11) is 0. The highest BCUT2D eigenvalue weighted by Gasteiger charge is 2.16. The molecule has 0 saturated heterocycles. The SMILES string of the molecule is c1ccc(Sc2ccc(/C(=C(\c3ccccc3)c3ccc(Sc4ccccc4)cc3)c3ccccc3)cc2)cc1. The monoisotopic (exact) mass is 548 g/mol. The van der Waals surface area contributed by atoms with Crippen LogP contribution < -0.4 is 0 Å². The first-order valence-electron chi connectivity index (χ1n) is 13.4. The highest BCUT2D eigenvalue weighted by molar-refractivity contribution is 7.99. The molecule has 192 valence electrons. The van der Waals surface area contributed by atoms with E-state index >= 15 is 0 Å². The van der Waals surface area contributed by atoms with E-state index in [-0.39, 0.29) is 0 Å². The van der Waals surface area contributed by atoms with E-state index in [1.165, 1.54) is 53.0 Å². The predicted octanol–water partition coefficient (Wildman–Crippen LogP) is 11.0. The fraction of sp³-hybridized carbons (Fsp3) is 0. The van der Waals surface area contributed by atoms with Crippen molar-refractivity contribution < 1.29 is 0 Å². The molecule has 0 amide bonds. The zero-order valence-electron chi connectivity index (χ0n) is 22.0. The Balaban J connectivity index is 1.46. The van der Waals surface area contributed by atoms with Crippen LogP contribution in [0.2, 0.25) is 0 Å². The lowest BCUT2D eigenvalue weighted by molar-refractivity contribution is 1.38. The van der Waals surface area contributed by atoms with Gasteiger partial charge in [-0.1, -0.05) is 145 Å². The first-order chi connectivity index (χ1) is 19.8. The standard InChI is InChI=1S/C38H28S2/c1-5-13-29(14-6-1)37(31-21-25-35(26-22-31)39-33-17-9-3-10-18-33)38(30-15-7-2-8-16-30)32-23-27-36(28-24-32)40-34-19-11-4-12-20-34/h1-28H/b38-37+. The molecule has 0 saturated carbocycles. The topological polar surface area (TPSA) is 0 Å². The molecule has 0 nitrogen and oxygen atoms in total. The molecular weight excluding hydrogens is 521 g/mol. The van der Waals surface area contributed by atoms with Gasteiger partial charge in [-0.3, -0.25) is 0 Å². The van der Waals surface area contributed by atoms with Gasteiger partial charge in [0.2, 0.25) is 0 Å². The summed E-state index contributed by atoms with van der Waals surface area (Å²) in [6.07, 6.45) is 0. The van der Waals surface area contributed by atoms with Crippen LogP contribution in [0.5, 0.6) is 0 Å². The van der Waals surface area contributed by atoms with Gasteiger partial charge in [-0.15, -0.1) is 0 Å². The van der Waals surface area contributed by atoms with Crippen LogP contribution in [0.1, 0.15) is 22.3 Å². The molecule has 0 N–H and O–H groups in total. The maximum Gasteiger partial charge on any atom is 0.0122 e. The second kappa shape index (κ2) is 12.7. The van der Waals surface area contributed by atoms with Gasteiger partial charge in [-0.25, -0.2) is 0 Å². The van der Waals surface area contributed by atoms with E-state index in [4.69, 9.17) is 0 Å². The molecule has 6 aromatic carbocycles. The maximum atomic E-state index is 2.26.